The second-order valence-corrected chi connectivity index (χ2v) is 10.7. The van der Waals surface area contributed by atoms with E-state index in [1.807, 2.05) is 24.3 Å². The normalized spacial score (nSPS) is 25.6. The van der Waals surface area contributed by atoms with Crippen LogP contribution in [0.15, 0.2) is 60.2 Å². The third-order valence-electron chi connectivity index (χ3n) is 7.60. The highest BCUT2D eigenvalue weighted by Crippen LogP contribution is 2.39. The van der Waals surface area contributed by atoms with Crippen molar-refractivity contribution in [1.29, 1.82) is 0 Å². The molecule has 43 heavy (non-hydrogen) atoms. The first kappa shape index (κ1) is 32.2. The molecule has 232 valence electrons. The van der Waals surface area contributed by atoms with E-state index < -0.39 is 42.1 Å². The maximum atomic E-state index is 13.9. The zero-order valence-electron chi connectivity index (χ0n) is 24.1. The van der Waals surface area contributed by atoms with Crippen LogP contribution in [0.2, 0.25) is 0 Å². The van der Waals surface area contributed by atoms with Crippen LogP contribution in [0.25, 0.3) is 6.08 Å². The Morgan fingerprint density at radius 1 is 1.14 bits per heavy atom. The molecule has 0 aliphatic carbocycles. The topological polar surface area (TPSA) is 172 Å². The summed E-state index contributed by atoms with van der Waals surface area (Å²) in [7, 11) is 1.39. The monoisotopic (exact) mass is 598 g/mol. The van der Waals surface area contributed by atoms with Gasteiger partial charge in [0.2, 0.25) is 5.79 Å². The summed E-state index contributed by atoms with van der Waals surface area (Å²) < 4.78 is 22.0. The lowest BCUT2D eigenvalue weighted by molar-refractivity contribution is -0.329. The number of benzene rings is 2. The zero-order valence-corrected chi connectivity index (χ0v) is 24.1. The SMILES string of the molecule is COc1cc(C=C(C[C@H](CCO)c2cccc(CCO)c2)C(=O)O[C@@H]2[C@@H](OC(C)=O)[C@@H](O)[C@H]3CC=C[C@@]2(O)O3)ccc1O. The van der Waals surface area contributed by atoms with Crippen molar-refractivity contribution >= 4 is 18.0 Å². The van der Waals surface area contributed by atoms with Crippen molar-refractivity contribution in [2.24, 2.45) is 0 Å². The van der Waals surface area contributed by atoms with Crippen LogP contribution in [0.3, 0.4) is 0 Å². The van der Waals surface area contributed by atoms with E-state index >= 15 is 0 Å². The van der Waals surface area contributed by atoms with Crippen molar-refractivity contribution in [2.75, 3.05) is 20.3 Å². The number of rotatable bonds is 12. The fraction of sp³-hybridized carbons (Fsp3) is 0.438. The van der Waals surface area contributed by atoms with E-state index in [0.717, 1.165) is 18.1 Å². The number of hydrogen-bond acceptors (Lipinski definition) is 11. The lowest BCUT2D eigenvalue weighted by Gasteiger charge is -2.48. The van der Waals surface area contributed by atoms with Crippen LogP contribution >= 0.6 is 0 Å². The molecule has 0 radical (unpaired) electrons. The van der Waals surface area contributed by atoms with E-state index in [2.05, 4.69) is 0 Å². The number of hydrogen-bond donors (Lipinski definition) is 5. The first-order chi connectivity index (χ1) is 20.6. The molecule has 0 spiro atoms. The van der Waals surface area contributed by atoms with Gasteiger partial charge in [0.15, 0.2) is 23.7 Å². The fourth-order valence-corrected chi connectivity index (χ4v) is 5.49. The third-order valence-corrected chi connectivity index (χ3v) is 7.60. The van der Waals surface area contributed by atoms with Gasteiger partial charge in [-0.2, -0.15) is 0 Å². The first-order valence-corrected chi connectivity index (χ1v) is 14.1. The molecule has 4 rings (SSSR count). The van der Waals surface area contributed by atoms with E-state index in [1.54, 1.807) is 12.1 Å². The quantitative estimate of drug-likeness (QED) is 0.138. The van der Waals surface area contributed by atoms with Crippen LogP contribution in [0.4, 0.5) is 0 Å². The van der Waals surface area contributed by atoms with Gasteiger partial charge in [-0.3, -0.25) is 4.79 Å². The molecule has 0 unspecified atom stereocenters. The second-order valence-electron chi connectivity index (χ2n) is 10.7. The molecule has 1 saturated heterocycles. The van der Waals surface area contributed by atoms with Crippen molar-refractivity contribution in [3.05, 3.63) is 76.9 Å². The Balaban J connectivity index is 1.74. The highest BCUT2D eigenvalue weighted by molar-refractivity contribution is 5.94. The predicted molar refractivity (Wildman–Crippen MR) is 154 cm³/mol. The maximum Gasteiger partial charge on any atom is 0.334 e. The van der Waals surface area contributed by atoms with Gasteiger partial charge < -0.3 is 44.5 Å². The molecule has 2 aromatic carbocycles. The highest BCUT2D eigenvalue weighted by atomic mass is 16.7. The minimum Gasteiger partial charge on any atom is -0.504 e. The van der Waals surface area contributed by atoms with Gasteiger partial charge in [-0.25, -0.2) is 4.79 Å². The number of aromatic hydroxyl groups is 1. The standard InChI is InChI=1S/C32H38O11/c1-19(35)41-29-28(37)26-7-4-12-32(39,43-26)30(29)42-31(38)24(16-21-8-9-25(36)27(17-21)40-2)18-23(11-14-34)22-6-3-5-20(15-22)10-13-33/h3-6,8-9,12,15-17,23,26,28-30,33-34,36-37,39H,7,10-11,13-14,18H2,1-2H3/t23-,26+,28-,29-,30+,32+/m0/s1. The average molecular weight is 599 g/mol. The Hall–Kier alpha value is -3.74. The molecule has 0 saturated carbocycles. The van der Waals surface area contributed by atoms with Crippen molar-refractivity contribution in [2.45, 2.75) is 68.7 Å². The van der Waals surface area contributed by atoms with Crippen LogP contribution in [0.1, 0.15) is 48.8 Å². The molecule has 1 fully saturated rings. The lowest BCUT2D eigenvalue weighted by Crippen LogP contribution is -2.66. The Morgan fingerprint density at radius 3 is 2.63 bits per heavy atom. The predicted octanol–water partition coefficient (Wildman–Crippen LogP) is 2.13. The molecular weight excluding hydrogens is 560 g/mol. The van der Waals surface area contributed by atoms with Crippen LogP contribution < -0.4 is 4.74 Å². The molecule has 2 bridgehead atoms. The molecule has 2 heterocycles. The Bertz CT molecular complexity index is 1350. The Kier molecular flexibility index (Phi) is 10.6. The van der Waals surface area contributed by atoms with Crippen LogP contribution in [0.5, 0.6) is 11.5 Å². The Labute approximate surface area is 249 Å². The fourth-order valence-electron chi connectivity index (χ4n) is 5.49. The molecule has 0 amide bonds. The van der Waals surface area contributed by atoms with Gasteiger partial charge in [0, 0.05) is 25.7 Å². The number of fused-ring (bicyclic) bond motifs is 2. The van der Waals surface area contributed by atoms with Crippen LogP contribution in [0, 0.1) is 0 Å². The van der Waals surface area contributed by atoms with E-state index in [-0.39, 0.29) is 49.0 Å². The highest BCUT2D eigenvalue weighted by Gasteiger charge is 2.57. The van der Waals surface area contributed by atoms with Gasteiger partial charge in [-0.15, -0.1) is 0 Å². The smallest absolute Gasteiger partial charge is 0.334 e. The third kappa shape index (κ3) is 7.62. The number of ether oxygens (including phenoxy) is 4. The number of phenolic OH excluding ortho intramolecular Hbond substituents is 1. The zero-order chi connectivity index (χ0) is 31.1. The largest absolute Gasteiger partial charge is 0.504 e. The van der Waals surface area contributed by atoms with Gasteiger partial charge in [0.05, 0.1) is 13.2 Å². The number of phenols is 1. The molecule has 2 aliphatic heterocycles. The van der Waals surface area contributed by atoms with Crippen molar-refractivity contribution in [3.63, 3.8) is 0 Å². The van der Waals surface area contributed by atoms with E-state index in [9.17, 15) is 35.1 Å². The molecule has 2 aliphatic rings. The minimum atomic E-state index is -2.16. The minimum absolute atomic E-state index is 0.0364. The summed E-state index contributed by atoms with van der Waals surface area (Å²) in [5.41, 5.74) is 2.33. The number of carbonyl (C=O) groups excluding carboxylic acids is 2. The number of aliphatic hydroxyl groups excluding tert-OH is 3. The van der Waals surface area contributed by atoms with Gasteiger partial charge in [0.25, 0.3) is 0 Å². The molecule has 11 heteroatoms. The second kappa shape index (κ2) is 14.2. The average Bonchev–Trinajstić information content (AvgIpc) is 2.98. The molecular formula is C32H38O11. The molecule has 5 N–H and O–H groups in total. The molecule has 11 nitrogen and oxygen atoms in total. The number of aliphatic hydroxyl groups is 4. The van der Waals surface area contributed by atoms with Crippen molar-refractivity contribution in [3.8, 4) is 11.5 Å². The van der Waals surface area contributed by atoms with Gasteiger partial charge in [0.1, 0.15) is 6.10 Å². The lowest BCUT2D eigenvalue weighted by atomic mass is 9.86. The summed E-state index contributed by atoms with van der Waals surface area (Å²) in [6.07, 6.45) is 0.237. The summed E-state index contributed by atoms with van der Waals surface area (Å²) in [6, 6.07) is 12.0. The van der Waals surface area contributed by atoms with Crippen LogP contribution in [-0.2, 0) is 30.2 Å². The molecule has 2 aromatic rings. The van der Waals surface area contributed by atoms with E-state index in [1.165, 1.54) is 31.4 Å². The van der Waals surface area contributed by atoms with E-state index in [0.29, 0.717) is 18.4 Å². The van der Waals surface area contributed by atoms with E-state index in [4.69, 9.17) is 18.9 Å². The van der Waals surface area contributed by atoms with Gasteiger partial charge in [-0.1, -0.05) is 36.4 Å². The number of esters is 2. The summed E-state index contributed by atoms with van der Waals surface area (Å²) in [6.45, 7) is 0.934. The number of methoxy groups -OCH3 is 1. The van der Waals surface area contributed by atoms with Gasteiger partial charge >= 0.3 is 11.9 Å². The van der Waals surface area contributed by atoms with Gasteiger partial charge in [-0.05, 0) is 72.6 Å². The number of carbonyl (C=O) groups is 2. The Morgan fingerprint density at radius 2 is 1.93 bits per heavy atom. The molecule has 0 aromatic heterocycles. The summed E-state index contributed by atoms with van der Waals surface area (Å²) in [4.78, 5) is 25.9. The van der Waals surface area contributed by atoms with Crippen LogP contribution in [-0.4, -0.2) is 88.0 Å². The van der Waals surface area contributed by atoms with Crippen molar-refractivity contribution in [1.82, 2.24) is 0 Å². The summed E-state index contributed by atoms with van der Waals surface area (Å²) >= 11 is 0. The first-order valence-electron chi connectivity index (χ1n) is 14.1. The summed E-state index contributed by atoms with van der Waals surface area (Å²) in [5.74, 6) is -4.06. The maximum absolute atomic E-state index is 13.9. The molecule has 6 atom stereocenters. The van der Waals surface area contributed by atoms with Crippen molar-refractivity contribution < 1.29 is 54.1 Å². The summed E-state index contributed by atoms with van der Waals surface area (Å²) in [5, 5.41) is 51.6.